The van der Waals surface area contributed by atoms with Crippen molar-refractivity contribution >= 4 is 5.97 Å². The second-order valence-electron chi connectivity index (χ2n) is 8.29. The van der Waals surface area contributed by atoms with Crippen molar-refractivity contribution in [2.75, 3.05) is 0 Å². The third-order valence-electron chi connectivity index (χ3n) is 6.16. The molecular formula is C25H31FO2. The number of hydrogen-bond acceptors (Lipinski definition) is 2. The van der Waals surface area contributed by atoms with Crippen LogP contribution in [0.3, 0.4) is 0 Å². The van der Waals surface area contributed by atoms with Gasteiger partial charge in [-0.05, 0) is 79.0 Å². The van der Waals surface area contributed by atoms with E-state index in [0.717, 1.165) is 18.3 Å². The molecule has 0 saturated heterocycles. The minimum atomic E-state index is -0.416. The highest BCUT2D eigenvalue weighted by Crippen LogP contribution is 2.36. The Kier molecular flexibility index (Phi) is 7.24. The van der Waals surface area contributed by atoms with E-state index in [9.17, 15) is 9.18 Å². The lowest BCUT2D eigenvalue weighted by Crippen LogP contribution is -2.21. The average molecular weight is 383 g/mol. The van der Waals surface area contributed by atoms with E-state index in [4.69, 9.17) is 4.74 Å². The summed E-state index contributed by atoms with van der Waals surface area (Å²) in [5.41, 5.74) is 1.78. The van der Waals surface area contributed by atoms with Gasteiger partial charge in [-0.25, -0.2) is 9.18 Å². The zero-order valence-electron chi connectivity index (χ0n) is 17.0. The van der Waals surface area contributed by atoms with Crippen LogP contribution < -0.4 is 4.74 Å². The first-order valence-corrected chi connectivity index (χ1v) is 10.6. The van der Waals surface area contributed by atoms with Gasteiger partial charge in [0, 0.05) is 0 Å². The van der Waals surface area contributed by atoms with Crippen LogP contribution in [0, 0.1) is 23.6 Å². The molecule has 3 rings (SSSR count). The topological polar surface area (TPSA) is 26.3 Å². The third-order valence-corrected chi connectivity index (χ3v) is 6.16. The zero-order valence-corrected chi connectivity index (χ0v) is 17.0. The van der Waals surface area contributed by atoms with Gasteiger partial charge in [0.25, 0.3) is 0 Å². The first-order chi connectivity index (χ1) is 13.5. The van der Waals surface area contributed by atoms with E-state index in [-0.39, 0.29) is 5.82 Å². The van der Waals surface area contributed by atoms with Crippen molar-refractivity contribution < 1.29 is 13.9 Å². The highest BCUT2D eigenvalue weighted by molar-refractivity contribution is 5.91. The van der Waals surface area contributed by atoms with Crippen LogP contribution in [0.1, 0.15) is 68.3 Å². The lowest BCUT2D eigenvalue weighted by atomic mass is 9.74. The van der Waals surface area contributed by atoms with Crippen LogP contribution in [0.25, 0.3) is 0 Å². The van der Waals surface area contributed by atoms with Crippen molar-refractivity contribution in [1.29, 1.82) is 0 Å². The molecule has 1 unspecified atom stereocenters. The van der Waals surface area contributed by atoms with E-state index in [1.807, 2.05) is 24.3 Å². The van der Waals surface area contributed by atoms with Gasteiger partial charge in [0.15, 0.2) is 0 Å². The summed E-state index contributed by atoms with van der Waals surface area (Å²) in [4.78, 5) is 12.2. The summed E-state index contributed by atoms with van der Waals surface area (Å²) in [6.07, 6.45) is 9.23. The van der Waals surface area contributed by atoms with Crippen molar-refractivity contribution in [3.8, 4) is 5.75 Å². The molecule has 2 nitrogen and oxygen atoms in total. The fourth-order valence-electron chi connectivity index (χ4n) is 4.44. The molecule has 1 atom stereocenters. The third kappa shape index (κ3) is 5.67. The quantitative estimate of drug-likeness (QED) is 0.387. The molecule has 1 aliphatic carbocycles. The highest BCUT2D eigenvalue weighted by Gasteiger charge is 2.24. The molecule has 1 aliphatic rings. The smallest absolute Gasteiger partial charge is 0.343 e. The first-order valence-electron chi connectivity index (χ1n) is 10.6. The molecule has 0 aliphatic heterocycles. The highest BCUT2D eigenvalue weighted by atomic mass is 19.1. The van der Waals surface area contributed by atoms with Crippen LogP contribution >= 0.6 is 0 Å². The van der Waals surface area contributed by atoms with Crippen LogP contribution in [0.5, 0.6) is 5.75 Å². The predicted octanol–water partition coefficient (Wildman–Crippen LogP) is 6.83. The molecule has 0 spiro atoms. The SMILES string of the molecule is CCCC1CCC(C(C)Cc2ccc(C(=O)Oc3ccc(F)cc3)cc2)CC1. The Balaban J connectivity index is 1.51. The largest absolute Gasteiger partial charge is 0.423 e. The minimum Gasteiger partial charge on any atom is -0.423 e. The first kappa shape index (κ1) is 20.6. The van der Waals surface area contributed by atoms with E-state index in [0.29, 0.717) is 17.2 Å². The molecule has 2 aromatic carbocycles. The monoisotopic (exact) mass is 382 g/mol. The Morgan fingerprint density at radius 3 is 2.29 bits per heavy atom. The lowest BCUT2D eigenvalue weighted by molar-refractivity contribution is 0.0734. The Labute approximate surface area is 168 Å². The van der Waals surface area contributed by atoms with Gasteiger partial charge in [0.2, 0.25) is 0 Å². The van der Waals surface area contributed by atoms with Crippen LogP contribution in [-0.2, 0) is 6.42 Å². The molecule has 0 bridgehead atoms. The maximum Gasteiger partial charge on any atom is 0.343 e. The molecule has 3 heteroatoms. The zero-order chi connectivity index (χ0) is 19.9. The number of benzene rings is 2. The van der Waals surface area contributed by atoms with Crippen molar-refractivity contribution in [2.24, 2.45) is 17.8 Å². The van der Waals surface area contributed by atoms with Gasteiger partial charge in [-0.15, -0.1) is 0 Å². The second-order valence-corrected chi connectivity index (χ2v) is 8.29. The van der Waals surface area contributed by atoms with Gasteiger partial charge in [-0.3, -0.25) is 0 Å². The summed E-state index contributed by atoms with van der Waals surface area (Å²) >= 11 is 0. The van der Waals surface area contributed by atoms with E-state index in [1.165, 1.54) is 68.4 Å². The van der Waals surface area contributed by atoms with Crippen molar-refractivity contribution in [3.05, 3.63) is 65.5 Å². The molecule has 0 radical (unpaired) electrons. The molecule has 28 heavy (non-hydrogen) atoms. The molecule has 1 saturated carbocycles. The maximum atomic E-state index is 12.9. The fraction of sp³-hybridized carbons (Fsp3) is 0.480. The van der Waals surface area contributed by atoms with Crippen LogP contribution in [-0.4, -0.2) is 5.97 Å². The van der Waals surface area contributed by atoms with Crippen molar-refractivity contribution in [3.63, 3.8) is 0 Å². The Morgan fingerprint density at radius 1 is 1.04 bits per heavy atom. The van der Waals surface area contributed by atoms with Gasteiger partial charge in [-0.1, -0.05) is 51.7 Å². The number of hydrogen-bond donors (Lipinski definition) is 0. The number of carbonyl (C=O) groups excluding carboxylic acids is 1. The summed E-state index contributed by atoms with van der Waals surface area (Å²) in [6.45, 7) is 4.65. The van der Waals surface area contributed by atoms with Gasteiger partial charge in [-0.2, -0.15) is 0 Å². The summed E-state index contributed by atoms with van der Waals surface area (Å²) in [5.74, 6) is 2.01. The summed E-state index contributed by atoms with van der Waals surface area (Å²) in [7, 11) is 0. The predicted molar refractivity (Wildman–Crippen MR) is 111 cm³/mol. The van der Waals surface area contributed by atoms with Gasteiger partial charge >= 0.3 is 5.97 Å². The molecule has 0 amide bonds. The van der Waals surface area contributed by atoms with E-state index in [1.54, 1.807) is 0 Å². The van der Waals surface area contributed by atoms with E-state index in [2.05, 4.69) is 13.8 Å². The number of rotatable bonds is 7. The van der Waals surface area contributed by atoms with E-state index >= 15 is 0 Å². The standard InChI is InChI=1S/C25H31FO2/c1-3-4-19-5-9-21(10-6-19)18(2)17-20-7-11-22(12-8-20)25(27)28-24-15-13-23(26)14-16-24/h7-8,11-16,18-19,21H,3-6,9-10,17H2,1-2H3. The van der Waals surface area contributed by atoms with Gasteiger partial charge in [0.1, 0.15) is 11.6 Å². The van der Waals surface area contributed by atoms with Gasteiger partial charge in [0.05, 0.1) is 5.56 Å². The summed E-state index contributed by atoms with van der Waals surface area (Å²) < 4.78 is 18.2. The maximum absolute atomic E-state index is 12.9. The Morgan fingerprint density at radius 2 is 1.68 bits per heavy atom. The lowest BCUT2D eigenvalue weighted by Gasteiger charge is -2.32. The van der Waals surface area contributed by atoms with Crippen LogP contribution in [0.2, 0.25) is 0 Å². The average Bonchev–Trinajstić information content (AvgIpc) is 2.71. The Hall–Kier alpha value is -2.16. The second kappa shape index (κ2) is 9.86. The van der Waals surface area contributed by atoms with E-state index < -0.39 is 5.97 Å². The number of esters is 1. The van der Waals surface area contributed by atoms with Crippen molar-refractivity contribution in [1.82, 2.24) is 0 Å². The molecule has 2 aromatic rings. The molecular weight excluding hydrogens is 351 g/mol. The Bertz CT molecular complexity index is 743. The number of ether oxygens (including phenoxy) is 1. The van der Waals surface area contributed by atoms with Crippen LogP contribution in [0.15, 0.2) is 48.5 Å². The number of carbonyl (C=O) groups is 1. The van der Waals surface area contributed by atoms with Crippen molar-refractivity contribution in [2.45, 2.75) is 58.8 Å². The summed E-state index contributed by atoms with van der Waals surface area (Å²) in [6, 6.07) is 13.2. The summed E-state index contributed by atoms with van der Waals surface area (Å²) in [5, 5.41) is 0. The minimum absolute atomic E-state index is 0.350. The number of halogens is 1. The van der Waals surface area contributed by atoms with Crippen LogP contribution in [0.4, 0.5) is 4.39 Å². The fourth-order valence-corrected chi connectivity index (χ4v) is 4.44. The molecule has 0 heterocycles. The normalized spacial score (nSPS) is 20.5. The molecule has 1 fully saturated rings. The molecule has 0 N–H and O–H groups in total. The van der Waals surface area contributed by atoms with Gasteiger partial charge < -0.3 is 4.74 Å². The molecule has 0 aromatic heterocycles. The molecule has 150 valence electrons.